The lowest BCUT2D eigenvalue weighted by atomic mass is 9.73. The number of benzene rings is 2. The summed E-state index contributed by atoms with van der Waals surface area (Å²) in [6.45, 7) is 2.12. The van der Waals surface area contributed by atoms with Crippen molar-refractivity contribution in [3.05, 3.63) is 81.4 Å². The third-order valence-corrected chi connectivity index (χ3v) is 6.72. The zero-order valence-electron chi connectivity index (χ0n) is 15.8. The van der Waals surface area contributed by atoms with Crippen molar-refractivity contribution in [2.45, 2.75) is 64.2 Å². The number of halogens is 1. The van der Waals surface area contributed by atoms with Gasteiger partial charge in [0, 0.05) is 5.02 Å². The van der Waals surface area contributed by atoms with Gasteiger partial charge in [0.2, 0.25) is 0 Å². The van der Waals surface area contributed by atoms with Crippen LogP contribution in [0.1, 0.15) is 66.3 Å². The summed E-state index contributed by atoms with van der Waals surface area (Å²) in [5, 5.41) is 0.836. The average molecular weight is 365 g/mol. The summed E-state index contributed by atoms with van der Waals surface area (Å²) < 4.78 is 0. The van der Waals surface area contributed by atoms with Gasteiger partial charge in [0.05, 0.1) is 0 Å². The van der Waals surface area contributed by atoms with E-state index >= 15 is 0 Å². The lowest BCUT2D eigenvalue weighted by Gasteiger charge is -2.32. The molecule has 0 nitrogen and oxygen atoms in total. The second-order valence-corrected chi connectivity index (χ2v) is 8.52. The van der Waals surface area contributed by atoms with Gasteiger partial charge >= 0.3 is 0 Å². The minimum atomic E-state index is 0.648. The van der Waals surface area contributed by atoms with Gasteiger partial charge in [-0.1, -0.05) is 48.0 Å². The Kier molecular flexibility index (Phi) is 5.50. The van der Waals surface area contributed by atoms with Crippen molar-refractivity contribution in [2.75, 3.05) is 0 Å². The molecule has 0 amide bonds. The van der Waals surface area contributed by atoms with E-state index in [1.165, 1.54) is 56.9 Å². The minimum absolute atomic E-state index is 0.648. The Bertz CT molecular complexity index is 785. The summed E-state index contributed by atoms with van der Waals surface area (Å²) in [7, 11) is 0. The SMILES string of the molecule is C/C=C/CCC1CCc2c(ccc3c2CCC(c2ccc(Cl)cc2)C3)C1. The van der Waals surface area contributed by atoms with Crippen molar-refractivity contribution in [2.24, 2.45) is 5.92 Å². The molecule has 4 rings (SSSR count). The highest BCUT2D eigenvalue weighted by atomic mass is 35.5. The van der Waals surface area contributed by atoms with Crippen LogP contribution in [-0.4, -0.2) is 0 Å². The summed E-state index contributed by atoms with van der Waals surface area (Å²) >= 11 is 6.06. The van der Waals surface area contributed by atoms with Crippen molar-refractivity contribution in [1.82, 2.24) is 0 Å². The molecule has 2 aliphatic rings. The van der Waals surface area contributed by atoms with Crippen LogP contribution in [0.25, 0.3) is 0 Å². The smallest absolute Gasteiger partial charge is 0.0406 e. The van der Waals surface area contributed by atoms with Gasteiger partial charge in [-0.05, 0) is 110 Å². The van der Waals surface area contributed by atoms with E-state index in [1.54, 1.807) is 22.3 Å². The average Bonchev–Trinajstić information content (AvgIpc) is 2.68. The molecule has 0 aliphatic heterocycles. The maximum Gasteiger partial charge on any atom is 0.0406 e. The first-order valence-corrected chi connectivity index (χ1v) is 10.6. The van der Waals surface area contributed by atoms with Crippen LogP contribution in [0.2, 0.25) is 5.02 Å². The van der Waals surface area contributed by atoms with E-state index in [0.717, 1.165) is 10.9 Å². The molecule has 0 bridgehead atoms. The molecule has 0 spiro atoms. The summed E-state index contributed by atoms with van der Waals surface area (Å²) in [6.07, 6.45) is 14.8. The van der Waals surface area contributed by atoms with Crippen LogP contribution in [0, 0.1) is 5.92 Å². The van der Waals surface area contributed by atoms with Crippen LogP contribution < -0.4 is 0 Å². The number of hydrogen-bond acceptors (Lipinski definition) is 0. The second kappa shape index (κ2) is 8.01. The minimum Gasteiger partial charge on any atom is -0.0917 e. The maximum atomic E-state index is 6.06. The quantitative estimate of drug-likeness (QED) is 0.508. The number of hydrogen-bond donors (Lipinski definition) is 0. The molecule has 0 aromatic heterocycles. The summed E-state index contributed by atoms with van der Waals surface area (Å²) in [5.74, 6) is 1.53. The molecule has 0 saturated heterocycles. The lowest BCUT2D eigenvalue weighted by molar-refractivity contribution is 0.427. The molecule has 2 aromatic rings. The van der Waals surface area contributed by atoms with E-state index in [4.69, 9.17) is 11.6 Å². The fourth-order valence-electron chi connectivity index (χ4n) is 5.01. The fourth-order valence-corrected chi connectivity index (χ4v) is 5.13. The van der Waals surface area contributed by atoms with E-state index in [2.05, 4.69) is 43.3 Å². The van der Waals surface area contributed by atoms with E-state index in [0.29, 0.717) is 5.92 Å². The number of rotatable bonds is 4. The van der Waals surface area contributed by atoms with Crippen LogP contribution in [0.15, 0.2) is 48.6 Å². The molecule has 2 aromatic carbocycles. The van der Waals surface area contributed by atoms with E-state index in [9.17, 15) is 0 Å². The van der Waals surface area contributed by atoms with Crippen molar-refractivity contribution in [1.29, 1.82) is 0 Å². The Hall–Kier alpha value is -1.53. The lowest BCUT2D eigenvalue weighted by Crippen LogP contribution is -2.20. The Balaban J connectivity index is 1.50. The first-order chi connectivity index (χ1) is 12.7. The summed E-state index contributed by atoms with van der Waals surface area (Å²) in [4.78, 5) is 0. The van der Waals surface area contributed by atoms with Crippen LogP contribution in [-0.2, 0) is 25.7 Å². The van der Waals surface area contributed by atoms with Gasteiger partial charge < -0.3 is 0 Å². The van der Waals surface area contributed by atoms with Crippen LogP contribution in [0.5, 0.6) is 0 Å². The van der Waals surface area contributed by atoms with Crippen LogP contribution in [0.4, 0.5) is 0 Å². The normalized spacial score (nSPS) is 22.2. The summed E-state index contributed by atoms with van der Waals surface area (Å²) in [6, 6.07) is 13.4. The van der Waals surface area contributed by atoms with Gasteiger partial charge in [-0.3, -0.25) is 0 Å². The molecule has 2 unspecified atom stereocenters. The Morgan fingerprint density at radius 2 is 1.62 bits per heavy atom. The van der Waals surface area contributed by atoms with Gasteiger partial charge in [-0.25, -0.2) is 0 Å². The monoisotopic (exact) mass is 364 g/mol. The van der Waals surface area contributed by atoms with Crippen molar-refractivity contribution < 1.29 is 0 Å². The predicted octanol–water partition coefficient (Wildman–Crippen LogP) is 7.07. The molecule has 0 saturated carbocycles. The van der Waals surface area contributed by atoms with Crippen molar-refractivity contribution in [3.63, 3.8) is 0 Å². The third-order valence-electron chi connectivity index (χ3n) is 6.46. The Labute approximate surface area is 163 Å². The van der Waals surface area contributed by atoms with Gasteiger partial charge in [-0.2, -0.15) is 0 Å². The third kappa shape index (κ3) is 3.76. The van der Waals surface area contributed by atoms with Gasteiger partial charge in [0.25, 0.3) is 0 Å². The first-order valence-electron chi connectivity index (χ1n) is 10.2. The van der Waals surface area contributed by atoms with Gasteiger partial charge in [-0.15, -0.1) is 0 Å². The van der Waals surface area contributed by atoms with Gasteiger partial charge in [0.15, 0.2) is 0 Å². The standard InChI is InChI=1S/C25H29Cl/c1-2-3-4-5-18-6-14-24-21(16-18)7-8-22-17-20(11-15-25(22)24)19-9-12-23(26)13-10-19/h2-3,7-10,12-13,18,20H,4-6,11,14-17H2,1H3/b3-2+. The molecule has 0 N–H and O–H groups in total. The topological polar surface area (TPSA) is 0 Å². The zero-order chi connectivity index (χ0) is 17.9. The number of allylic oxidation sites excluding steroid dienone is 2. The maximum absolute atomic E-state index is 6.06. The summed E-state index contributed by atoms with van der Waals surface area (Å²) in [5.41, 5.74) is 8.09. The van der Waals surface area contributed by atoms with Crippen LogP contribution >= 0.6 is 11.6 Å². The largest absolute Gasteiger partial charge is 0.0917 e. The van der Waals surface area contributed by atoms with Crippen molar-refractivity contribution in [3.8, 4) is 0 Å². The highest BCUT2D eigenvalue weighted by Crippen LogP contribution is 2.39. The molecule has 26 heavy (non-hydrogen) atoms. The fraction of sp³-hybridized carbons (Fsp3) is 0.440. The van der Waals surface area contributed by atoms with E-state index in [-0.39, 0.29) is 0 Å². The Morgan fingerprint density at radius 1 is 0.923 bits per heavy atom. The first kappa shape index (κ1) is 17.9. The molecule has 0 radical (unpaired) electrons. The van der Waals surface area contributed by atoms with Crippen LogP contribution in [0.3, 0.4) is 0 Å². The van der Waals surface area contributed by atoms with Crippen molar-refractivity contribution >= 4 is 11.6 Å². The second-order valence-electron chi connectivity index (χ2n) is 8.09. The highest BCUT2D eigenvalue weighted by molar-refractivity contribution is 6.30. The molecular formula is C25H29Cl. The zero-order valence-corrected chi connectivity index (χ0v) is 16.6. The molecule has 136 valence electrons. The molecule has 0 fully saturated rings. The molecule has 2 aliphatic carbocycles. The number of fused-ring (bicyclic) bond motifs is 3. The highest BCUT2D eigenvalue weighted by Gasteiger charge is 2.26. The van der Waals surface area contributed by atoms with E-state index < -0.39 is 0 Å². The van der Waals surface area contributed by atoms with E-state index in [1.807, 2.05) is 12.1 Å². The molecule has 0 heterocycles. The molecule has 2 atom stereocenters. The molecule has 1 heteroatoms. The molecular weight excluding hydrogens is 336 g/mol. The Morgan fingerprint density at radius 3 is 2.35 bits per heavy atom. The predicted molar refractivity (Wildman–Crippen MR) is 112 cm³/mol. The van der Waals surface area contributed by atoms with Gasteiger partial charge in [0.1, 0.15) is 0 Å².